The smallest absolute Gasteiger partial charge is 0.407 e. The van der Waals surface area contributed by atoms with Gasteiger partial charge in [-0.3, -0.25) is 9.59 Å². The highest BCUT2D eigenvalue weighted by atomic mass is 33.1. The largest absolute Gasteiger partial charge is 0.480 e. The molecule has 0 saturated carbocycles. The van der Waals surface area contributed by atoms with Crippen molar-refractivity contribution < 1.29 is 48.0 Å². The second-order valence-electron chi connectivity index (χ2n) is 14.3. The number of rotatable bonds is 29. The minimum atomic E-state index is -1.16. The first-order chi connectivity index (χ1) is 28.8. The average Bonchev–Trinajstić information content (AvgIpc) is 3.89. The molecule has 0 unspecified atom stereocenters. The molecule has 2 saturated heterocycles. The van der Waals surface area contributed by atoms with Gasteiger partial charge in [0.1, 0.15) is 12.6 Å². The Kier molecular flexibility index (Phi) is 20.3. The number of aliphatic carboxylic acids is 1. The molecule has 0 radical (unpaired) electrons. The second-order valence-corrected chi connectivity index (χ2v) is 18.2. The Bertz CT molecular complexity index is 1630. The molecule has 15 nitrogen and oxygen atoms in total. The van der Waals surface area contributed by atoms with E-state index in [1.807, 2.05) is 60.3 Å². The number of benzene rings is 2. The Hall–Kier alpha value is -3.68. The number of urea groups is 1. The van der Waals surface area contributed by atoms with E-state index in [4.69, 9.17) is 18.9 Å². The molecule has 18 heteroatoms. The number of unbranched alkanes of at least 4 members (excludes halogenated alkanes) is 1. The summed E-state index contributed by atoms with van der Waals surface area (Å²) in [6.45, 7) is 3.98. The molecule has 324 valence electrons. The van der Waals surface area contributed by atoms with Crippen LogP contribution in [-0.2, 0) is 33.3 Å². The van der Waals surface area contributed by atoms with E-state index in [9.17, 15) is 29.1 Å². The van der Waals surface area contributed by atoms with Crippen molar-refractivity contribution >= 4 is 63.3 Å². The molecule has 0 spiro atoms. The molecule has 2 heterocycles. The number of thioether (sulfide) groups is 1. The van der Waals surface area contributed by atoms with Crippen LogP contribution in [-0.4, -0.2) is 135 Å². The first-order valence-electron chi connectivity index (χ1n) is 20.3. The first kappa shape index (κ1) is 46.4. The van der Waals surface area contributed by atoms with E-state index in [0.29, 0.717) is 76.6 Å². The van der Waals surface area contributed by atoms with Crippen LogP contribution in [0, 0.1) is 0 Å². The summed E-state index contributed by atoms with van der Waals surface area (Å²) in [4.78, 5) is 60.2. The number of nitrogens with one attached hydrogen (secondary N) is 5. The van der Waals surface area contributed by atoms with E-state index in [2.05, 4.69) is 26.6 Å². The zero-order valence-electron chi connectivity index (χ0n) is 33.3. The van der Waals surface area contributed by atoms with Gasteiger partial charge in [0.25, 0.3) is 0 Å². The SMILES string of the molecule is O=C(CCCC[C@@H]1SC[C@@H]2NC(=O)N[C@@H]21)NCCCOCCOCCOCCCNC(=O)CCSSC[C@H](NC(=O)OCC1c2ccccc2-c2ccccc21)C(=O)O. The van der Waals surface area contributed by atoms with E-state index >= 15 is 0 Å². The van der Waals surface area contributed by atoms with Crippen LogP contribution in [0.25, 0.3) is 11.1 Å². The third-order valence-electron chi connectivity index (χ3n) is 10.1. The van der Waals surface area contributed by atoms with Crippen LogP contribution < -0.4 is 26.6 Å². The molecule has 0 aromatic heterocycles. The second kappa shape index (κ2) is 25.8. The first-order valence-corrected chi connectivity index (χ1v) is 23.9. The van der Waals surface area contributed by atoms with Crippen molar-refractivity contribution in [2.24, 2.45) is 0 Å². The predicted octanol–water partition coefficient (Wildman–Crippen LogP) is 4.54. The summed E-state index contributed by atoms with van der Waals surface area (Å²) >= 11 is 1.90. The number of amides is 5. The zero-order chi connectivity index (χ0) is 41.7. The standard InChI is InChI=1S/C41H57N5O10S3/c47-36(14-6-5-13-35-38-33(26-57-35)44-40(51)46-38)42-16-7-18-53-20-22-55-23-21-54-19-8-17-43-37(48)15-24-58-59-27-34(39(49)50)45-41(52)56-25-32-30-11-3-1-9-28(30)29-10-2-4-12-31(29)32/h1-4,9-12,32-35,38H,5-8,13-27H2,(H,42,47)(H,43,48)(H,45,52)(H,49,50)(H2,44,46,51)/t33-,34-,35-,38-/m0/s1. The highest BCUT2D eigenvalue weighted by Gasteiger charge is 2.42. The summed E-state index contributed by atoms with van der Waals surface area (Å²) in [7, 11) is 2.65. The van der Waals surface area contributed by atoms with Gasteiger partial charge >= 0.3 is 18.1 Å². The van der Waals surface area contributed by atoms with E-state index in [1.54, 1.807) is 0 Å². The average molecular weight is 876 g/mol. The lowest BCUT2D eigenvalue weighted by molar-refractivity contribution is -0.138. The molecule has 2 aromatic carbocycles. The van der Waals surface area contributed by atoms with E-state index < -0.39 is 18.1 Å². The number of carbonyl (C=O) groups is 5. The lowest BCUT2D eigenvalue weighted by Crippen LogP contribution is -2.43. The summed E-state index contributed by atoms with van der Waals surface area (Å²) in [5.74, 6) is 0.241. The molecule has 4 atom stereocenters. The van der Waals surface area contributed by atoms with Crippen LogP contribution in [0.3, 0.4) is 0 Å². The van der Waals surface area contributed by atoms with Gasteiger partial charge in [-0.2, -0.15) is 11.8 Å². The molecule has 1 aliphatic carbocycles. The fourth-order valence-electron chi connectivity index (χ4n) is 7.06. The molecular weight excluding hydrogens is 819 g/mol. The van der Waals surface area contributed by atoms with Gasteiger partial charge in [0, 0.05) is 67.6 Å². The summed E-state index contributed by atoms with van der Waals surface area (Å²) in [5.41, 5.74) is 4.37. The van der Waals surface area contributed by atoms with Gasteiger partial charge in [-0.15, -0.1) is 0 Å². The van der Waals surface area contributed by atoms with Crippen molar-refractivity contribution in [2.75, 3.05) is 76.6 Å². The molecular formula is C41H57N5O10S3. The Morgan fingerprint density at radius 1 is 0.780 bits per heavy atom. The van der Waals surface area contributed by atoms with Gasteiger partial charge < -0.3 is 50.6 Å². The molecule has 0 bridgehead atoms. The number of fused-ring (bicyclic) bond motifs is 4. The van der Waals surface area contributed by atoms with Crippen molar-refractivity contribution in [3.63, 3.8) is 0 Å². The maximum absolute atomic E-state index is 12.6. The quantitative estimate of drug-likeness (QED) is 0.0379. The number of hydrogen-bond donors (Lipinski definition) is 6. The highest BCUT2D eigenvalue weighted by Crippen LogP contribution is 2.44. The Balaban J connectivity index is 0.760. The molecule has 3 aliphatic rings. The number of alkyl carbamates (subject to hydrolysis) is 1. The molecule has 2 fully saturated rings. The maximum atomic E-state index is 12.6. The fourth-order valence-corrected chi connectivity index (χ4v) is 10.8. The van der Waals surface area contributed by atoms with Gasteiger partial charge in [0.2, 0.25) is 11.8 Å². The molecule has 59 heavy (non-hydrogen) atoms. The van der Waals surface area contributed by atoms with Gasteiger partial charge in [0.15, 0.2) is 0 Å². The molecule has 2 aliphatic heterocycles. The molecule has 5 rings (SSSR count). The Morgan fingerprint density at radius 3 is 2.03 bits per heavy atom. The lowest BCUT2D eigenvalue weighted by atomic mass is 9.98. The van der Waals surface area contributed by atoms with Crippen molar-refractivity contribution in [3.05, 3.63) is 59.7 Å². The van der Waals surface area contributed by atoms with Crippen molar-refractivity contribution in [3.8, 4) is 11.1 Å². The van der Waals surface area contributed by atoms with Crippen molar-refractivity contribution in [1.82, 2.24) is 26.6 Å². The zero-order valence-corrected chi connectivity index (χ0v) is 35.7. The number of carboxylic acids is 1. The van der Waals surface area contributed by atoms with E-state index in [1.165, 1.54) is 21.6 Å². The van der Waals surface area contributed by atoms with Gasteiger partial charge in [-0.1, -0.05) is 76.5 Å². The van der Waals surface area contributed by atoms with Crippen LogP contribution in [0.1, 0.15) is 62.0 Å². The van der Waals surface area contributed by atoms with Gasteiger partial charge in [0.05, 0.1) is 38.5 Å². The topological polar surface area (TPSA) is 203 Å². The van der Waals surface area contributed by atoms with E-state index in [-0.39, 0.29) is 54.6 Å². The van der Waals surface area contributed by atoms with Crippen LogP contribution in [0.4, 0.5) is 9.59 Å². The summed E-state index contributed by atoms with van der Waals surface area (Å²) in [6, 6.07) is 15.2. The summed E-state index contributed by atoms with van der Waals surface area (Å²) in [6.07, 6.45) is 4.21. The maximum Gasteiger partial charge on any atom is 0.407 e. The molecule has 6 N–H and O–H groups in total. The third kappa shape index (κ3) is 15.7. The number of hydrogen-bond acceptors (Lipinski definition) is 12. The minimum absolute atomic E-state index is 0.0588. The molecule has 5 amide bonds. The van der Waals surface area contributed by atoms with Crippen molar-refractivity contribution in [1.29, 1.82) is 0 Å². The number of carboxylic acid groups (broad SMARTS) is 1. The minimum Gasteiger partial charge on any atom is -0.480 e. The normalized spacial score (nSPS) is 18.2. The highest BCUT2D eigenvalue weighted by molar-refractivity contribution is 8.76. The van der Waals surface area contributed by atoms with E-state index in [0.717, 1.165) is 53.7 Å². The van der Waals surface area contributed by atoms with Crippen LogP contribution >= 0.6 is 33.3 Å². The van der Waals surface area contributed by atoms with Crippen LogP contribution in [0.2, 0.25) is 0 Å². The van der Waals surface area contributed by atoms with Gasteiger partial charge in [-0.25, -0.2) is 14.4 Å². The summed E-state index contributed by atoms with van der Waals surface area (Å²) < 4.78 is 22.1. The van der Waals surface area contributed by atoms with Crippen LogP contribution in [0.5, 0.6) is 0 Å². The monoisotopic (exact) mass is 875 g/mol. The fraction of sp³-hybridized carbons (Fsp3) is 0.585. The molecule has 2 aromatic rings. The summed E-state index contributed by atoms with van der Waals surface area (Å²) in [5, 5.41) is 24.3. The predicted molar refractivity (Wildman–Crippen MR) is 231 cm³/mol. The number of ether oxygens (including phenoxy) is 4. The Morgan fingerprint density at radius 2 is 1.39 bits per heavy atom. The van der Waals surface area contributed by atoms with Gasteiger partial charge in [-0.05, 0) is 47.9 Å². The van der Waals surface area contributed by atoms with Crippen LogP contribution in [0.15, 0.2) is 48.5 Å². The van der Waals surface area contributed by atoms with Crippen molar-refractivity contribution in [2.45, 2.75) is 74.2 Å². The number of carbonyl (C=O) groups excluding carboxylic acids is 4. The third-order valence-corrected chi connectivity index (χ3v) is 14.0. The Labute approximate surface area is 358 Å². The lowest BCUT2D eigenvalue weighted by Gasteiger charge is -2.17.